The van der Waals surface area contributed by atoms with Crippen molar-refractivity contribution in [2.45, 2.75) is 27.7 Å². The Labute approximate surface area is 138 Å². The first-order valence-electron chi connectivity index (χ1n) is 7.69. The zero-order valence-electron chi connectivity index (χ0n) is 14.4. The van der Waals surface area contributed by atoms with Crippen LogP contribution in [-0.4, -0.2) is 18.0 Å². The molecule has 0 spiro atoms. The van der Waals surface area contributed by atoms with Crippen LogP contribution in [0.3, 0.4) is 0 Å². The molecule has 2 rings (SSSR count). The van der Waals surface area contributed by atoms with Crippen molar-refractivity contribution in [3.05, 3.63) is 64.7 Å². The first-order chi connectivity index (χ1) is 11.0. The minimum absolute atomic E-state index is 0.0577. The summed E-state index contributed by atoms with van der Waals surface area (Å²) in [4.78, 5) is 12.4. The maximum absolute atomic E-state index is 12.4. The van der Waals surface area contributed by atoms with Crippen molar-refractivity contribution < 1.29 is 14.6 Å². The minimum Gasteiger partial charge on any atom is -0.507 e. The molecule has 2 aromatic carbocycles. The number of phenols is 1. The molecule has 1 N–H and O–H groups in total. The second-order valence-corrected chi connectivity index (χ2v) is 4.85. The number of methoxy groups -OCH3 is 1. The summed E-state index contributed by atoms with van der Waals surface area (Å²) in [6.07, 6.45) is 3.16. The van der Waals surface area contributed by atoms with Gasteiger partial charge in [0.25, 0.3) is 0 Å². The molecule has 0 aliphatic rings. The van der Waals surface area contributed by atoms with Crippen LogP contribution in [0.2, 0.25) is 0 Å². The van der Waals surface area contributed by atoms with E-state index >= 15 is 0 Å². The molecule has 3 nitrogen and oxygen atoms in total. The minimum atomic E-state index is -0.281. The van der Waals surface area contributed by atoms with Crippen LogP contribution in [-0.2, 0) is 0 Å². The highest BCUT2D eigenvalue weighted by atomic mass is 16.5. The molecule has 0 aliphatic heterocycles. The van der Waals surface area contributed by atoms with E-state index in [1.807, 2.05) is 58.0 Å². The zero-order chi connectivity index (χ0) is 17.4. The molecule has 0 amide bonds. The molecule has 0 atom stereocenters. The maximum atomic E-state index is 12.4. The number of carbonyl (C=O) groups is 1. The van der Waals surface area contributed by atoms with Gasteiger partial charge in [-0.3, -0.25) is 4.79 Å². The molecular weight excluding hydrogens is 288 g/mol. The third-order valence-corrected chi connectivity index (χ3v) is 3.45. The summed E-state index contributed by atoms with van der Waals surface area (Å²) in [5, 5.41) is 10.1. The van der Waals surface area contributed by atoms with Crippen LogP contribution in [0.25, 0.3) is 6.08 Å². The van der Waals surface area contributed by atoms with Gasteiger partial charge in [-0.1, -0.05) is 50.3 Å². The molecule has 3 heteroatoms. The van der Waals surface area contributed by atoms with Crippen molar-refractivity contribution in [3.63, 3.8) is 0 Å². The van der Waals surface area contributed by atoms with Gasteiger partial charge in [0.15, 0.2) is 5.78 Å². The van der Waals surface area contributed by atoms with Crippen LogP contribution in [0.1, 0.15) is 40.9 Å². The molecule has 23 heavy (non-hydrogen) atoms. The number of carbonyl (C=O) groups excluding carboxylic acids is 1. The molecular formula is C20H24O3. The summed E-state index contributed by atoms with van der Waals surface area (Å²) in [5.74, 6) is 0.0872. The van der Waals surface area contributed by atoms with Crippen LogP contribution in [0.5, 0.6) is 11.5 Å². The average Bonchev–Trinajstić information content (AvgIpc) is 2.58. The Morgan fingerprint density at radius 3 is 2.30 bits per heavy atom. The highest BCUT2D eigenvalue weighted by molar-refractivity contribution is 6.10. The van der Waals surface area contributed by atoms with Crippen LogP contribution >= 0.6 is 0 Å². The highest BCUT2D eigenvalue weighted by Gasteiger charge is 2.19. The first kappa shape index (κ1) is 18.5. The Kier molecular flexibility index (Phi) is 7.07. The summed E-state index contributed by atoms with van der Waals surface area (Å²) >= 11 is 0. The standard InChI is InChI=1S/C18H18O3.C2H6/c1-12-11-16(20)17(18(21-3)13(12)2)15(19)10-9-14-7-5-4-6-8-14;1-2/h4-11,20H,1-3H3;1-2H3/b10-9+;. The van der Waals surface area contributed by atoms with Gasteiger partial charge in [0.05, 0.1) is 7.11 Å². The number of phenolic OH excluding ortho intramolecular Hbond substituents is 1. The van der Waals surface area contributed by atoms with Crippen molar-refractivity contribution in [2.75, 3.05) is 7.11 Å². The average molecular weight is 312 g/mol. The van der Waals surface area contributed by atoms with Crippen LogP contribution < -0.4 is 4.74 Å². The van der Waals surface area contributed by atoms with Crippen LogP contribution in [0.4, 0.5) is 0 Å². The van der Waals surface area contributed by atoms with Crippen LogP contribution in [0.15, 0.2) is 42.5 Å². The number of aryl methyl sites for hydroxylation is 1. The second-order valence-electron chi connectivity index (χ2n) is 4.85. The molecule has 0 saturated carbocycles. The lowest BCUT2D eigenvalue weighted by molar-refractivity contribution is 0.104. The van der Waals surface area contributed by atoms with Gasteiger partial charge in [0.1, 0.15) is 17.1 Å². The number of rotatable bonds is 4. The molecule has 0 heterocycles. The number of hydrogen-bond acceptors (Lipinski definition) is 3. The molecule has 0 bridgehead atoms. The van der Waals surface area contributed by atoms with Gasteiger partial charge < -0.3 is 9.84 Å². The monoisotopic (exact) mass is 312 g/mol. The van der Waals surface area contributed by atoms with Crippen molar-refractivity contribution in [2.24, 2.45) is 0 Å². The topological polar surface area (TPSA) is 46.5 Å². The zero-order valence-corrected chi connectivity index (χ0v) is 14.4. The van der Waals surface area contributed by atoms with E-state index < -0.39 is 0 Å². The summed E-state index contributed by atoms with van der Waals surface area (Å²) in [7, 11) is 1.50. The number of ketones is 1. The second kappa shape index (κ2) is 8.79. The predicted octanol–water partition coefficient (Wildman–Crippen LogP) is 4.94. The third-order valence-electron chi connectivity index (χ3n) is 3.45. The van der Waals surface area contributed by atoms with E-state index in [4.69, 9.17) is 4.74 Å². The van der Waals surface area contributed by atoms with Crippen molar-refractivity contribution in [1.29, 1.82) is 0 Å². The van der Waals surface area contributed by atoms with Crippen molar-refractivity contribution >= 4 is 11.9 Å². The number of aromatic hydroxyl groups is 1. The lowest BCUT2D eigenvalue weighted by atomic mass is 9.99. The van der Waals surface area contributed by atoms with E-state index in [-0.39, 0.29) is 17.1 Å². The molecule has 0 fully saturated rings. The fraction of sp³-hybridized carbons (Fsp3) is 0.250. The summed E-state index contributed by atoms with van der Waals surface area (Å²) in [5.41, 5.74) is 2.86. The Balaban J connectivity index is 0.00000127. The summed E-state index contributed by atoms with van der Waals surface area (Å²) < 4.78 is 5.30. The van der Waals surface area contributed by atoms with E-state index in [1.54, 1.807) is 12.1 Å². The van der Waals surface area contributed by atoms with Crippen molar-refractivity contribution in [1.82, 2.24) is 0 Å². The fourth-order valence-corrected chi connectivity index (χ4v) is 2.18. The molecule has 0 saturated heterocycles. The molecule has 2 aromatic rings. The predicted molar refractivity (Wildman–Crippen MR) is 95.3 cm³/mol. The smallest absolute Gasteiger partial charge is 0.193 e. The summed E-state index contributed by atoms with van der Waals surface area (Å²) in [6, 6.07) is 11.1. The third kappa shape index (κ3) is 4.46. The van der Waals surface area contributed by atoms with Gasteiger partial charge in [-0.15, -0.1) is 0 Å². The number of hydrogen-bond donors (Lipinski definition) is 1. The van der Waals surface area contributed by atoms with Gasteiger partial charge in [0.2, 0.25) is 0 Å². The van der Waals surface area contributed by atoms with E-state index in [0.29, 0.717) is 5.75 Å². The Morgan fingerprint density at radius 1 is 1.13 bits per heavy atom. The molecule has 0 aromatic heterocycles. The quantitative estimate of drug-likeness (QED) is 0.642. The van der Waals surface area contributed by atoms with Gasteiger partial charge in [-0.2, -0.15) is 0 Å². The van der Waals surface area contributed by atoms with Gasteiger partial charge in [-0.25, -0.2) is 0 Å². The molecule has 0 unspecified atom stereocenters. The van der Waals surface area contributed by atoms with Gasteiger partial charge in [-0.05, 0) is 42.7 Å². The van der Waals surface area contributed by atoms with E-state index in [2.05, 4.69) is 0 Å². The van der Waals surface area contributed by atoms with E-state index in [9.17, 15) is 9.90 Å². The van der Waals surface area contributed by atoms with E-state index in [0.717, 1.165) is 16.7 Å². The number of ether oxygens (including phenoxy) is 1. The molecule has 0 radical (unpaired) electrons. The lowest BCUT2D eigenvalue weighted by Gasteiger charge is -2.13. The molecule has 122 valence electrons. The Morgan fingerprint density at radius 2 is 1.74 bits per heavy atom. The van der Waals surface area contributed by atoms with Gasteiger partial charge >= 0.3 is 0 Å². The molecule has 0 aliphatic carbocycles. The lowest BCUT2D eigenvalue weighted by Crippen LogP contribution is -2.03. The maximum Gasteiger partial charge on any atom is 0.193 e. The Hall–Kier alpha value is -2.55. The SMILES string of the molecule is CC.COc1c(C)c(C)cc(O)c1C(=O)/C=C/c1ccccc1. The number of benzene rings is 2. The fourth-order valence-electron chi connectivity index (χ4n) is 2.18. The highest BCUT2D eigenvalue weighted by Crippen LogP contribution is 2.34. The normalized spacial score (nSPS) is 10.1. The van der Waals surface area contributed by atoms with Crippen molar-refractivity contribution in [3.8, 4) is 11.5 Å². The summed E-state index contributed by atoms with van der Waals surface area (Å²) in [6.45, 7) is 7.73. The van der Waals surface area contributed by atoms with Crippen LogP contribution in [0, 0.1) is 13.8 Å². The number of allylic oxidation sites excluding steroid dienone is 1. The Bertz CT molecular complexity index is 686. The first-order valence-corrected chi connectivity index (χ1v) is 7.69. The van der Waals surface area contributed by atoms with E-state index in [1.165, 1.54) is 13.2 Å². The van der Waals surface area contributed by atoms with Gasteiger partial charge in [0, 0.05) is 0 Å². The largest absolute Gasteiger partial charge is 0.507 e.